The van der Waals surface area contributed by atoms with E-state index in [0.717, 1.165) is 47.1 Å². The summed E-state index contributed by atoms with van der Waals surface area (Å²) in [5, 5.41) is 9.21. The number of nitrogens with one attached hydrogen (secondary N) is 1. The summed E-state index contributed by atoms with van der Waals surface area (Å²) < 4.78 is 2.01. The number of aryl methyl sites for hydroxylation is 4. The van der Waals surface area contributed by atoms with Crippen LogP contribution < -0.4 is 5.32 Å². The Morgan fingerprint density at radius 3 is 3.00 bits per heavy atom. The van der Waals surface area contributed by atoms with Crippen molar-refractivity contribution in [1.82, 2.24) is 24.7 Å². The summed E-state index contributed by atoms with van der Waals surface area (Å²) >= 11 is 1.73. The lowest BCUT2D eigenvalue weighted by Crippen LogP contribution is -2.32. The van der Waals surface area contributed by atoms with E-state index in [-0.39, 0.29) is 0 Å². The molecule has 0 saturated heterocycles. The molecule has 3 aromatic rings. The zero-order chi connectivity index (χ0) is 15.3. The summed E-state index contributed by atoms with van der Waals surface area (Å²) in [6, 6.07) is 0.325. The quantitative estimate of drug-likeness (QED) is 0.787. The molecule has 0 amide bonds. The number of anilines is 1. The smallest absolute Gasteiger partial charge is 0.147 e. The van der Waals surface area contributed by atoms with Crippen LogP contribution in [0.4, 0.5) is 5.82 Å². The Bertz CT molecular complexity index is 849. The number of hydrogen-bond acceptors (Lipinski definition) is 6. The monoisotopic (exact) mass is 314 g/mol. The van der Waals surface area contributed by atoms with Crippen molar-refractivity contribution in [2.24, 2.45) is 0 Å². The minimum Gasteiger partial charge on any atom is -0.365 e. The number of aromatic nitrogens is 5. The van der Waals surface area contributed by atoms with Gasteiger partial charge in [-0.05, 0) is 32.8 Å². The Morgan fingerprint density at radius 2 is 2.14 bits per heavy atom. The third-order valence-corrected chi connectivity index (χ3v) is 5.39. The summed E-state index contributed by atoms with van der Waals surface area (Å²) in [7, 11) is 0. The standard InChI is InChI=1S/C15H18N6S/c1-8-9(2)22-15-13(8)14(16-7-17-15)19-11-4-5-12-18-10(3)20-21(12)6-11/h7,11H,4-6H2,1-3H3,(H,16,17,19)/t11-/m1/s1. The average molecular weight is 314 g/mol. The van der Waals surface area contributed by atoms with E-state index in [1.165, 1.54) is 10.4 Å². The third-order valence-electron chi connectivity index (χ3n) is 4.27. The zero-order valence-corrected chi connectivity index (χ0v) is 13.7. The maximum atomic E-state index is 4.48. The van der Waals surface area contributed by atoms with Gasteiger partial charge >= 0.3 is 0 Å². The molecule has 114 valence electrons. The van der Waals surface area contributed by atoms with Gasteiger partial charge in [0.15, 0.2) is 0 Å². The van der Waals surface area contributed by atoms with Gasteiger partial charge in [-0.3, -0.25) is 0 Å². The van der Waals surface area contributed by atoms with Crippen LogP contribution in [0.15, 0.2) is 6.33 Å². The first-order chi connectivity index (χ1) is 10.6. The molecular formula is C15H18N6S. The van der Waals surface area contributed by atoms with Gasteiger partial charge in [-0.1, -0.05) is 0 Å². The fourth-order valence-electron chi connectivity index (χ4n) is 3.04. The molecule has 0 saturated carbocycles. The normalized spacial score (nSPS) is 17.7. The van der Waals surface area contributed by atoms with Gasteiger partial charge in [-0.25, -0.2) is 19.6 Å². The van der Waals surface area contributed by atoms with Gasteiger partial charge in [-0.2, -0.15) is 5.10 Å². The summed E-state index contributed by atoms with van der Waals surface area (Å²) in [5.74, 6) is 2.88. The summed E-state index contributed by atoms with van der Waals surface area (Å²) in [4.78, 5) is 15.7. The molecule has 7 heteroatoms. The van der Waals surface area contributed by atoms with Crippen molar-refractivity contribution in [3.05, 3.63) is 28.4 Å². The lowest BCUT2D eigenvalue weighted by Gasteiger charge is -2.24. The van der Waals surface area contributed by atoms with Crippen LogP contribution in [0, 0.1) is 20.8 Å². The van der Waals surface area contributed by atoms with Crippen LogP contribution >= 0.6 is 11.3 Å². The molecule has 1 atom stereocenters. The Labute approximate surface area is 132 Å². The topological polar surface area (TPSA) is 68.5 Å². The lowest BCUT2D eigenvalue weighted by molar-refractivity contribution is 0.440. The second-order valence-corrected chi connectivity index (χ2v) is 7.03. The molecule has 4 rings (SSSR count). The van der Waals surface area contributed by atoms with E-state index in [4.69, 9.17) is 0 Å². The summed E-state index contributed by atoms with van der Waals surface area (Å²) in [6.07, 6.45) is 3.65. The molecule has 0 unspecified atom stereocenters. The van der Waals surface area contributed by atoms with Crippen LogP contribution in [0.5, 0.6) is 0 Å². The second kappa shape index (κ2) is 5.01. The van der Waals surface area contributed by atoms with Gasteiger partial charge in [0.2, 0.25) is 0 Å². The number of rotatable bonds is 2. The van der Waals surface area contributed by atoms with Crippen LogP contribution in [-0.4, -0.2) is 30.8 Å². The Balaban J connectivity index is 1.65. The minimum absolute atomic E-state index is 0.325. The largest absolute Gasteiger partial charge is 0.365 e. The zero-order valence-electron chi connectivity index (χ0n) is 12.9. The number of hydrogen-bond donors (Lipinski definition) is 1. The first-order valence-corrected chi connectivity index (χ1v) is 8.31. The highest BCUT2D eigenvalue weighted by molar-refractivity contribution is 7.18. The van der Waals surface area contributed by atoms with Crippen LogP contribution in [0.3, 0.4) is 0 Å². The highest BCUT2D eigenvalue weighted by Crippen LogP contribution is 2.33. The van der Waals surface area contributed by atoms with Crippen molar-refractivity contribution in [1.29, 1.82) is 0 Å². The van der Waals surface area contributed by atoms with Crippen LogP contribution in [-0.2, 0) is 13.0 Å². The van der Waals surface area contributed by atoms with E-state index >= 15 is 0 Å². The van der Waals surface area contributed by atoms with E-state index in [1.54, 1.807) is 17.7 Å². The Morgan fingerprint density at radius 1 is 1.27 bits per heavy atom. The maximum Gasteiger partial charge on any atom is 0.147 e. The fraction of sp³-hybridized carbons (Fsp3) is 0.467. The molecular weight excluding hydrogens is 296 g/mol. The van der Waals surface area contributed by atoms with Gasteiger partial charge in [-0.15, -0.1) is 11.3 Å². The summed E-state index contributed by atoms with van der Waals surface area (Å²) in [6.45, 7) is 7.06. The van der Waals surface area contributed by atoms with Crippen LogP contribution in [0.25, 0.3) is 10.2 Å². The first kappa shape index (κ1) is 13.6. The molecule has 0 bridgehead atoms. The predicted molar refractivity (Wildman–Crippen MR) is 87.4 cm³/mol. The first-order valence-electron chi connectivity index (χ1n) is 7.49. The highest BCUT2D eigenvalue weighted by atomic mass is 32.1. The van der Waals surface area contributed by atoms with E-state index < -0.39 is 0 Å². The van der Waals surface area contributed by atoms with Gasteiger partial charge in [0, 0.05) is 17.3 Å². The Kier molecular flexibility index (Phi) is 3.11. The molecule has 4 heterocycles. The fourth-order valence-corrected chi connectivity index (χ4v) is 4.03. The van der Waals surface area contributed by atoms with Crippen molar-refractivity contribution in [3.63, 3.8) is 0 Å². The van der Waals surface area contributed by atoms with E-state index in [0.29, 0.717) is 6.04 Å². The Hall–Kier alpha value is -2.02. The maximum absolute atomic E-state index is 4.48. The molecule has 0 spiro atoms. The SMILES string of the molecule is Cc1nc2n(n1)C[C@H](Nc1ncnc3sc(C)c(C)c13)CC2. The average Bonchev–Trinajstić information content (AvgIpc) is 2.99. The molecule has 3 aromatic heterocycles. The van der Waals surface area contributed by atoms with Gasteiger partial charge in [0.1, 0.15) is 28.6 Å². The van der Waals surface area contributed by atoms with Crippen molar-refractivity contribution >= 4 is 27.4 Å². The van der Waals surface area contributed by atoms with Gasteiger partial charge in [0.25, 0.3) is 0 Å². The van der Waals surface area contributed by atoms with Crippen molar-refractivity contribution in [3.8, 4) is 0 Å². The third kappa shape index (κ3) is 2.16. The van der Waals surface area contributed by atoms with Crippen molar-refractivity contribution < 1.29 is 0 Å². The highest BCUT2D eigenvalue weighted by Gasteiger charge is 2.22. The van der Waals surface area contributed by atoms with Crippen molar-refractivity contribution in [2.45, 2.75) is 46.2 Å². The van der Waals surface area contributed by atoms with Gasteiger partial charge < -0.3 is 5.32 Å². The lowest BCUT2D eigenvalue weighted by atomic mass is 10.1. The number of fused-ring (bicyclic) bond motifs is 2. The molecule has 0 radical (unpaired) electrons. The van der Waals surface area contributed by atoms with Crippen molar-refractivity contribution in [2.75, 3.05) is 5.32 Å². The molecule has 1 aliphatic rings. The molecule has 6 nitrogen and oxygen atoms in total. The number of nitrogens with zero attached hydrogens (tertiary/aromatic N) is 5. The van der Waals surface area contributed by atoms with Gasteiger partial charge in [0.05, 0.1) is 11.9 Å². The van der Waals surface area contributed by atoms with Crippen LogP contribution in [0.2, 0.25) is 0 Å². The van der Waals surface area contributed by atoms with Crippen LogP contribution in [0.1, 0.15) is 28.5 Å². The molecule has 1 aliphatic heterocycles. The molecule has 0 aromatic carbocycles. The molecule has 22 heavy (non-hydrogen) atoms. The predicted octanol–water partition coefficient (Wildman–Crippen LogP) is 2.63. The summed E-state index contributed by atoms with van der Waals surface area (Å²) in [5.41, 5.74) is 1.27. The minimum atomic E-state index is 0.325. The van der Waals surface area contributed by atoms with E-state index in [9.17, 15) is 0 Å². The molecule has 1 N–H and O–H groups in total. The second-order valence-electron chi connectivity index (χ2n) is 5.82. The number of thiophene rings is 1. The van der Waals surface area contributed by atoms with E-state index in [2.05, 4.69) is 39.2 Å². The molecule has 0 fully saturated rings. The molecule has 0 aliphatic carbocycles. The van der Waals surface area contributed by atoms with E-state index in [1.807, 2.05) is 11.6 Å².